The highest BCUT2D eigenvalue weighted by Crippen LogP contribution is 2.18. The minimum atomic E-state index is -0.962. The van der Waals surface area contributed by atoms with Crippen molar-refractivity contribution in [1.82, 2.24) is 10.3 Å². The number of hydrogen-bond donors (Lipinski definition) is 2. The fourth-order valence-electron chi connectivity index (χ4n) is 1.81. The Kier molecular flexibility index (Phi) is 3.78. The molecule has 18 heavy (non-hydrogen) atoms. The molecule has 1 fully saturated rings. The molecule has 1 saturated heterocycles. The molecular weight excluding hydrogens is 236 g/mol. The molecule has 1 atom stereocenters. The average Bonchev–Trinajstić information content (AvgIpc) is 2.83. The van der Waals surface area contributed by atoms with Crippen LogP contribution >= 0.6 is 0 Å². The number of ether oxygens (including phenoxy) is 2. The highest BCUT2D eigenvalue weighted by molar-refractivity contribution is 5.96. The van der Waals surface area contributed by atoms with Crippen LogP contribution in [0.25, 0.3) is 0 Å². The zero-order valence-corrected chi connectivity index (χ0v) is 10.2. The van der Waals surface area contributed by atoms with Crippen LogP contribution in [-0.2, 0) is 4.74 Å². The molecule has 1 aromatic heterocycles. The third-order valence-electron chi connectivity index (χ3n) is 2.91. The number of hydrogen-bond acceptors (Lipinski definition) is 5. The lowest BCUT2D eigenvalue weighted by molar-refractivity contribution is 0.0264. The number of methoxy groups -OCH3 is 1. The van der Waals surface area contributed by atoms with E-state index in [2.05, 4.69) is 10.3 Å². The molecule has 6 heteroatoms. The molecule has 6 nitrogen and oxygen atoms in total. The summed E-state index contributed by atoms with van der Waals surface area (Å²) in [6.07, 6.45) is 3.52. The zero-order valence-electron chi connectivity index (χ0n) is 10.2. The fourth-order valence-corrected chi connectivity index (χ4v) is 1.81. The van der Waals surface area contributed by atoms with Crippen molar-refractivity contribution in [3.05, 3.63) is 24.0 Å². The molecule has 1 amide bonds. The van der Waals surface area contributed by atoms with Gasteiger partial charge in [-0.25, -0.2) is 0 Å². The summed E-state index contributed by atoms with van der Waals surface area (Å²) >= 11 is 0. The molecule has 1 aromatic rings. The molecule has 1 aliphatic heterocycles. The Balaban J connectivity index is 1.99. The summed E-state index contributed by atoms with van der Waals surface area (Å²) in [6, 6.07) is 1.57. The van der Waals surface area contributed by atoms with Crippen molar-refractivity contribution in [2.45, 2.75) is 12.0 Å². The van der Waals surface area contributed by atoms with Gasteiger partial charge in [-0.2, -0.15) is 0 Å². The summed E-state index contributed by atoms with van der Waals surface area (Å²) in [4.78, 5) is 15.8. The van der Waals surface area contributed by atoms with Crippen molar-refractivity contribution >= 4 is 5.91 Å². The third-order valence-corrected chi connectivity index (χ3v) is 2.91. The minimum Gasteiger partial charge on any atom is -0.494 e. The lowest BCUT2D eigenvalue weighted by atomic mass is 10.0. The van der Waals surface area contributed by atoms with Gasteiger partial charge in [0, 0.05) is 25.8 Å². The van der Waals surface area contributed by atoms with Crippen LogP contribution in [-0.4, -0.2) is 48.5 Å². The van der Waals surface area contributed by atoms with Gasteiger partial charge in [-0.05, 0) is 6.07 Å². The lowest BCUT2D eigenvalue weighted by Gasteiger charge is -2.20. The normalized spacial score (nSPS) is 22.8. The summed E-state index contributed by atoms with van der Waals surface area (Å²) < 4.78 is 10.2. The standard InChI is InChI=1S/C12H16N2O4/c1-17-10-6-13-4-2-9(10)11(15)14-7-12(16)3-5-18-8-12/h2,4,6,16H,3,5,7-8H2,1H3,(H,14,15). The van der Waals surface area contributed by atoms with E-state index in [1.54, 1.807) is 6.07 Å². The topological polar surface area (TPSA) is 80.7 Å². The van der Waals surface area contributed by atoms with Crippen LogP contribution in [0.5, 0.6) is 5.75 Å². The Hall–Kier alpha value is -1.66. The molecule has 0 saturated carbocycles. The Morgan fingerprint density at radius 3 is 3.22 bits per heavy atom. The molecule has 1 unspecified atom stereocenters. The molecule has 0 aliphatic carbocycles. The number of amides is 1. The minimum absolute atomic E-state index is 0.164. The average molecular weight is 252 g/mol. The van der Waals surface area contributed by atoms with Crippen LogP contribution in [0.15, 0.2) is 18.5 Å². The van der Waals surface area contributed by atoms with Gasteiger partial charge >= 0.3 is 0 Å². The second kappa shape index (κ2) is 5.32. The van der Waals surface area contributed by atoms with Gasteiger partial charge in [0.05, 0.1) is 25.5 Å². The predicted octanol–water partition coefficient (Wildman–Crippen LogP) is -0.0286. The van der Waals surface area contributed by atoms with E-state index in [9.17, 15) is 9.90 Å². The van der Waals surface area contributed by atoms with Crippen LogP contribution < -0.4 is 10.1 Å². The second-order valence-electron chi connectivity index (χ2n) is 4.29. The molecule has 2 heterocycles. The molecule has 0 aromatic carbocycles. The van der Waals surface area contributed by atoms with Gasteiger partial charge in [0.15, 0.2) is 0 Å². The number of nitrogens with one attached hydrogen (secondary N) is 1. The highest BCUT2D eigenvalue weighted by atomic mass is 16.5. The van der Waals surface area contributed by atoms with Crippen LogP contribution in [0.1, 0.15) is 16.8 Å². The first-order valence-electron chi connectivity index (χ1n) is 5.71. The highest BCUT2D eigenvalue weighted by Gasteiger charge is 2.32. The molecule has 0 spiro atoms. The summed E-state index contributed by atoms with van der Waals surface area (Å²) in [7, 11) is 1.48. The van der Waals surface area contributed by atoms with Crippen molar-refractivity contribution in [2.24, 2.45) is 0 Å². The maximum Gasteiger partial charge on any atom is 0.255 e. The molecule has 2 N–H and O–H groups in total. The van der Waals surface area contributed by atoms with Gasteiger partial charge in [0.2, 0.25) is 0 Å². The van der Waals surface area contributed by atoms with E-state index in [0.717, 1.165) is 0 Å². The summed E-state index contributed by atoms with van der Waals surface area (Å²) in [5.74, 6) is 0.110. The Labute approximate surface area is 105 Å². The van der Waals surface area contributed by atoms with Crippen molar-refractivity contribution < 1.29 is 19.4 Å². The second-order valence-corrected chi connectivity index (χ2v) is 4.29. The van der Waals surface area contributed by atoms with Gasteiger partial charge in [0.25, 0.3) is 5.91 Å². The van der Waals surface area contributed by atoms with Crippen LogP contribution in [0, 0.1) is 0 Å². The van der Waals surface area contributed by atoms with Gasteiger partial charge in [0.1, 0.15) is 11.4 Å². The van der Waals surface area contributed by atoms with Crippen molar-refractivity contribution in [2.75, 3.05) is 26.9 Å². The number of aliphatic hydroxyl groups is 1. The van der Waals surface area contributed by atoms with E-state index in [1.807, 2.05) is 0 Å². The molecular formula is C12H16N2O4. The van der Waals surface area contributed by atoms with Gasteiger partial charge in [-0.15, -0.1) is 0 Å². The van der Waals surface area contributed by atoms with Crippen molar-refractivity contribution in [1.29, 1.82) is 0 Å². The molecule has 2 rings (SSSR count). The smallest absolute Gasteiger partial charge is 0.255 e. The maximum absolute atomic E-state index is 12.0. The van der Waals surface area contributed by atoms with E-state index in [1.165, 1.54) is 19.5 Å². The number of nitrogens with zero attached hydrogens (tertiary/aromatic N) is 1. The Bertz CT molecular complexity index is 430. The summed E-state index contributed by atoms with van der Waals surface area (Å²) in [6.45, 7) is 0.934. The van der Waals surface area contributed by atoms with E-state index in [4.69, 9.17) is 9.47 Å². The van der Waals surface area contributed by atoms with E-state index < -0.39 is 5.60 Å². The number of pyridine rings is 1. The molecule has 0 radical (unpaired) electrons. The molecule has 1 aliphatic rings. The number of carbonyl (C=O) groups excluding carboxylic acids is 1. The van der Waals surface area contributed by atoms with E-state index in [-0.39, 0.29) is 19.1 Å². The van der Waals surface area contributed by atoms with Crippen LogP contribution in [0.3, 0.4) is 0 Å². The van der Waals surface area contributed by atoms with Gasteiger partial charge in [-0.3, -0.25) is 9.78 Å². The lowest BCUT2D eigenvalue weighted by Crippen LogP contribution is -2.43. The van der Waals surface area contributed by atoms with Gasteiger partial charge in [-0.1, -0.05) is 0 Å². The largest absolute Gasteiger partial charge is 0.494 e. The first-order chi connectivity index (χ1) is 8.64. The van der Waals surface area contributed by atoms with Crippen LogP contribution in [0.4, 0.5) is 0 Å². The summed E-state index contributed by atoms with van der Waals surface area (Å²) in [5, 5.41) is 12.7. The van der Waals surface area contributed by atoms with Gasteiger partial charge < -0.3 is 19.9 Å². The monoisotopic (exact) mass is 252 g/mol. The number of carbonyl (C=O) groups is 1. The first kappa shape index (κ1) is 12.8. The first-order valence-corrected chi connectivity index (χ1v) is 5.71. The van der Waals surface area contributed by atoms with Crippen molar-refractivity contribution in [3.8, 4) is 5.75 Å². The number of aromatic nitrogens is 1. The fraction of sp³-hybridized carbons (Fsp3) is 0.500. The third kappa shape index (κ3) is 2.77. The Morgan fingerprint density at radius 1 is 1.72 bits per heavy atom. The zero-order chi connectivity index (χ0) is 13.0. The number of rotatable bonds is 4. The quantitative estimate of drug-likeness (QED) is 0.786. The summed E-state index contributed by atoms with van der Waals surface area (Å²) in [5.41, 5.74) is -0.564. The van der Waals surface area contributed by atoms with E-state index >= 15 is 0 Å². The maximum atomic E-state index is 12.0. The van der Waals surface area contributed by atoms with Crippen LogP contribution in [0.2, 0.25) is 0 Å². The molecule has 0 bridgehead atoms. The van der Waals surface area contributed by atoms with Crippen molar-refractivity contribution in [3.63, 3.8) is 0 Å². The predicted molar refractivity (Wildman–Crippen MR) is 63.5 cm³/mol. The molecule has 98 valence electrons. The van der Waals surface area contributed by atoms with E-state index in [0.29, 0.717) is 24.3 Å². The Morgan fingerprint density at radius 2 is 2.56 bits per heavy atom. The SMILES string of the molecule is COc1cnccc1C(=O)NCC1(O)CCOC1.